The van der Waals surface area contributed by atoms with Gasteiger partial charge in [-0.1, -0.05) is 53.5 Å². The predicted molar refractivity (Wildman–Crippen MR) is 107 cm³/mol. The average Bonchev–Trinajstić information content (AvgIpc) is 2.62. The molecule has 1 aliphatic heterocycles. The van der Waals surface area contributed by atoms with Crippen molar-refractivity contribution in [3.8, 4) is 0 Å². The molecule has 0 saturated carbocycles. The van der Waals surface area contributed by atoms with E-state index in [1.807, 2.05) is 53.8 Å². The number of aliphatic hydroxyl groups excluding tert-OH is 1. The fourth-order valence-electron chi connectivity index (χ4n) is 2.97. The number of aliphatic hydroxyl groups is 1. The van der Waals surface area contributed by atoms with E-state index in [-0.39, 0.29) is 11.9 Å². The zero-order valence-electron chi connectivity index (χ0n) is 14.4. The lowest BCUT2D eigenvalue weighted by Gasteiger charge is -2.33. The third kappa shape index (κ3) is 4.18. The number of nitrogens with one attached hydrogen (secondary N) is 1. The van der Waals surface area contributed by atoms with Crippen LogP contribution in [0.1, 0.15) is 24.2 Å². The van der Waals surface area contributed by atoms with Gasteiger partial charge >= 0.3 is 0 Å². The molecule has 2 unspecified atom stereocenters. The second-order valence-electron chi connectivity index (χ2n) is 6.38. The number of likely N-dealkylation sites (N-methyl/N-ethyl adjacent to an activating group) is 1. The Bertz CT molecular complexity index is 804. The molecular formula is C19H20Cl2N2O2S. The van der Waals surface area contributed by atoms with Gasteiger partial charge in [0.2, 0.25) is 5.91 Å². The van der Waals surface area contributed by atoms with Gasteiger partial charge in [-0.15, -0.1) is 0 Å². The van der Waals surface area contributed by atoms with E-state index in [0.717, 1.165) is 16.0 Å². The standard InChI is InChI=1S/C19H20Cl2N2O2S/c1-11(18(24)12-6-4-3-5-7-12)22-19(25)16-9-13-8-14(20)15(21)10-17(13)26-23(16)2/h3-8,10-11,16,18,24H,9H2,1-2H3,(H,22,25)/t11-,16?,18?/m0/s1. The lowest BCUT2D eigenvalue weighted by molar-refractivity contribution is -0.126. The fraction of sp³-hybridized carbons (Fsp3) is 0.316. The molecule has 0 fully saturated rings. The Kier molecular flexibility index (Phi) is 6.15. The Morgan fingerprint density at radius 3 is 2.62 bits per heavy atom. The quantitative estimate of drug-likeness (QED) is 0.744. The van der Waals surface area contributed by atoms with Crippen LogP contribution in [0, 0.1) is 0 Å². The number of rotatable bonds is 4. The maximum Gasteiger partial charge on any atom is 0.238 e. The van der Waals surface area contributed by atoms with Gasteiger partial charge in [0, 0.05) is 4.90 Å². The van der Waals surface area contributed by atoms with Crippen molar-refractivity contribution >= 4 is 41.1 Å². The van der Waals surface area contributed by atoms with Gasteiger partial charge in [-0.05, 0) is 55.6 Å². The van der Waals surface area contributed by atoms with E-state index >= 15 is 0 Å². The average molecular weight is 411 g/mol. The minimum atomic E-state index is -0.762. The van der Waals surface area contributed by atoms with E-state index in [0.29, 0.717) is 16.5 Å². The summed E-state index contributed by atoms with van der Waals surface area (Å²) in [6, 6.07) is 12.2. The topological polar surface area (TPSA) is 52.6 Å². The molecule has 0 bridgehead atoms. The van der Waals surface area contributed by atoms with Gasteiger partial charge in [0.1, 0.15) is 6.04 Å². The summed E-state index contributed by atoms with van der Waals surface area (Å²) >= 11 is 13.7. The van der Waals surface area contributed by atoms with Crippen LogP contribution in [-0.4, -0.2) is 34.5 Å². The highest BCUT2D eigenvalue weighted by Gasteiger charge is 2.32. The molecule has 7 heteroatoms. The molecule has 2 N–H and O–H groups in total. The van der Waals surface area contributed by atoms with Crippen LogP contribution in [0.3, 0.4) is 0 Å². The van der Waals surface area contributed by atoms with Crippen molar-refractivity contribution < 1.29 is 9.90 Å². The Labute approximate surface area is 167 Å². The molecule has 1 aliphatic rings. The van der Waals surface area contributed by atoms with Crippen molar-refractivity contribution in [3.63, 3.8) is 0 Å². The summed E-state index contributed by atoms with van der Waals surface area (Å²) < 4.78 is 1.91. The van der Waals surface area contributed by atoms with Crippen molar-refractivity contribution in [1.82, 2.24) is 9.62 Å². The molecule has 2 aromatic rings. The first kappa shape index (κ1) is 19.5. The van der Waals surface area contributed by atoms with Gasteiger partial charge in [0.15, 0.2) is 0 Å². The summed E-state index contributed by atoms with van der Waals surface area (Å²) in [5, 5.41) is 14.4. The first-order chi connectivity index (χ1) is 12.4. The number of carbonyl (C=O) groups excluding carboxylic acids is 1. The normalized spacial score (nSPS) is 19.5. The SMILES string of the molecule is C[C@H](NC(=O)C1Cc2cc(Cl)c(Cl)cc2SN1C)C(O)c1ccccc1. The van der Waals surface area contributed by atoms with Crippen molar-refractivity contribution in [1.29, 1.82) is 0 Å². The molecule has 0 saturated heterocycles. The number of hydrogen-bond acceptors (Lipinski definition) is 4. The first-order valence-electron chi connectivity index (χ1n) is 8.29. The smallest absolute Gasteiger partial charge is 0.238 e. The Balaban J connectivity index is 1.70. The molecule has 2 aromatic carbocycles. The molecule has 0 aromatic heterocycles. The van der Waals surface area contributed by atoms with E-state index in [4.69, 9.17) is 23.2 Å². The van der Waals surface area contributed by atoms with Crippen LogP contribution in [0.5, 0.6) is 0 Å². The van der Waals surface area contributed by atoms with E-state index in [1.54, 1.807) is 6.92 Å². The molecule has 0 aliphatic carbocycles. The first-order valence-corrected chi connectivity index (χ1v) is 9.82. The maximum atomic E-state index is 12.8. The number of benzene rings is 2. The van der Waals surface area contributed by atoms with Crippen molar-refractivity contribution in [2.45, 2.75) is 36.4 Å². The molecule has 3 atom stereocenters. The highest BCUT2D eigenvalue weighted by molar-refractivity contribution is 7.97. The van der Waals surface area contributed by atoms with Crippen LogP contribution < -0.4 is 5.32 Å². The number of amides is 1. The molecular weight excluding hydrogens is 391 g/mol. The minimum Gasteiger partial charge on any atom is -0.386 e. The van der Waals surface area contributed by atoms with Gasteiger partial charge in [-0.2, -0.15) is 0 Å². The molecule has 1 heterocycles. The minimum absolute atomic E-state index is 0.126. The number of hydrogen-bond donors (Lipinski definition) is 2. The van der Waals surface area contributed by atoms with E-state index in [1.165, 1.54) is 11.9 Å². The van der Waals surface area contributed by atoms with Crippen LogP contribution >= 0.6 is 35.1 Å². The second kappa shape index (κ2) is 8.19. The molecule has 1 amide bonds. The largest absolute Gasteiger partial charge is 0.386 e. The van der Waals surface area contributed by atoms with Crippen LogP contribution in [0.25, 0.3) is 0 Å². The van der Waals surface area contributed by atoms with Crippen molar-refractivity contribution in [2.24, 2.45) is 0 Å². The van der Waals surface area contributed by atoms with E-state index < -0.39 is 12.1 Å². The van der Waals surface area contributed by atoms with Crippen molar-refractivity contribution in [3.05, 3.63) is 63.6 Å². The van der Waals surface area contributed by atoms with Crippen molar-refractivity contribution in [2.75, 3.05) is 7.05 Å². The molecule has 26 heavy (non-hydrogen) atoms. The number of carbonyl (C=O) groups is 1. The van der Waals surface area contributed by atoms with Gasteiger partial charge in [-0.3, -0.25) is 4.79 Å². The van der Waals surface area contributed by atoms with E-state index in [2.05, 4.69) is 5.32 Å². The van der Waals surface area contributed by atoms with Crippen LogP contribution in [0.4, 0.5) is 0 Å². The Morgan fingerprint density at radius 1 is 1.27 bits per heavy atom. The number of halogens is 2. The highest BCUT2D eigenvalue weighted by Crippen LogP contribution is 2.38. The lowest BCUT2D eigenvalue weighted by Crippen LogP contribution is -2.49. The third-order valence-electron chi connectivity index (χ3n) is 4.49. The number of nitrogens with zero attached hydrogens (tertiary/aromatic N) is 1. The fourth-order valence-corrected chi connectivity index (χ4v) is 4.42. The molecule has 138 valence electrons. The van der Waals surface area contributed by atoms with Gasteiger partial charge in [0.05, 0.1) is 22.2 Å². The zero-order valence-corrected chi connectivity index (χ0v) is 16.8. The molecule has 0 spiro atoms. The van der Waals surface area contributed by atoms with E-state index in [9.17, 15) is 9.90 Å². The van der Waals surface area contributed by atoms with Crippen LogP contribution in [-0.2, 0) is 11.2 Å². The summed E-state index contributed by atoms with van der Waals surface area (Å²) in [5.41, 5.74) is 1.78. The van der Waals surface area contributed by atoms with Crippen LogP contribution in [0.15, 0.2) is 47.4 Å². The summed E-state index contributed by atoms with van der Waals surface area (Å²) in [6.45, 7) is 1.80. The summed E-state index contributed by atoms with van der Waals surface area (Å²) in [7, 11) is 1.87. The highest BCUT2D eigenvalue weighted by atomic mass is 35.5. The maximum absolute atomic E-state index is 12.8. The molecule has 3 rings (SSSR count). The third-order valence-corrected chi connectivity index (χ3v) is 6.33. The summed E-state index contributed by atoms with van der Waals surface area (Å²) in [5.74, 6) is -0.126. The Morgan fingerprint density at radius 2 is 1.92 bits per heavy atom. The van der Waals surface area contributed by atoms with Gasteiger partial charge in [-0.25, -0.2) is 4.31 Å². The summed E-state index contributed by atoms with van der Waals surface area (Å²) in [6.07, 6.45) is -0.224. The monoisotopic (exact) mass is 410 g/mol. The number of fused-ring (bicyclic) bond motifs is 1. The predicted octanol–water partition coefficient (Wildman–Crippen LogP) is 4.10. The second-order valence-corrected chi connectivity index (χ2v) is 8.40. The summed E-state index contributed by atoms with van der Waals surface area (Å²) in [4.78, 5) is 13.8. The lowest BCUT2D eigenvalue weighted by atomic mass is 10.0. The zero-order chi connectivity index (χ0) is 18.8. The molecule has 4 nitrogen and oxygen atoms in total. The van der Waals surface area contributed by atoms with Gasteiger partial charge in [0.25, 0.3) is 0 Å². The van der Waals surface area contributed by atoms with Gasteiger partial charge < -0.3 is 10.4 Å². The molecule has 0 radical (unpaired) electrons. The Hall–Kier alpha value is -1.24. The van der Waals surface area contributed by atoms with Crippen LogP contribution in [0.2, 0.25) is 10.0 Å².